The molecule has 0 saturated heterocycles. The summed E-state index contributed by atoms with van der Waals surface area (Å²) in [5.74, 6) is -0.186. The summed E-state index contributed by atoms with van der Waals surface area (Å²) in [5.41, 5.74) is 8.05. The summed E-state index contributed by atoms with van der Waals surface area (Å²) in [6, 6.07) is 13.6. The topological polar surface area (TPSA) is 68.3 Å². The summed E-state index contributed by atoms with van der Waals surface area (Å²) in [7, 11) is 0. The number of furan rings is 1. The zero-order valence-corrected chi connectivity index (χ0v) is 11.9. The molecule has 3 rings (SSSR count). The van der Waals surface area contributed by atoms with E-state index in [1.165, 1.54) is 0 Å². The highest BCUT2D eigenvalue weighted by molar-refractivity contribution is 6.07. The van der Waals surface area contributed by atoms with Crippen LogP contribution in [0.3, 0.4) is 0 Å². The van der Waals surface area contributed by atoms with E-state index in [4.69, 9.17) is 10.2 Å². The number of hydrogen-bond donors (Lipinski definition) is 2. The third-order valence-electron chi connectivity index (χ3n) is 3.79. The molecule has 21 heavy (non-hydrogen) atoms. The maximum atomic E-state index is 12.1. The number of amides is 1. The van der Waals surface area contributed by atoms with Gasteiger partial charge in [-0.25, -0.2) is 0 Å². The van der Waals surface area contributed by atoms with E-state index in [-0.39, 0.29) is 11.8 Å². The molecule has 0 bridgehead atoms. The van der Waals surface area contributed by atoms with Crippen LogP contribution >= 0.6 is 0 Å². The molecule has 3 aromatic rings. The largest absolute Gasteiger partial charge is 0.456 e. The fraction of sp³-hybridized carbons (Fsp3) is 0.235. The molecule has 1 heterocycles. The second kappa shape index (κ2) is 5.58. The van der Waals surface area contributed by atoms with Crippen LogP contribution in [0.25, 0.3) is 21.9 Å². The van der Waals surface area contributed by atoms with Crippen LogP contribution in [0.2, 0.25) is 0 Å². The molecule has 0 aliphatic rings. The van der Waals surface area contributed by atoms with Crippen molar-refractivity contribution in [1.82, 2.24) is 0 Å². The monoisotopic (exact) mass is 282 g/mol. The van der Waals surface area contributed by atoms with Crippen molar-refractivity contribution in [2.45, 2.75) is 13.3 Å². The van der Waals surface area contributed by atoms with Crippen LogP contribution in [0.4, 0.5) is 5.69 Å². The number of carbonyl (C=O) groups excluding carboxylic acids is 1. The van der Waals surface area contributed by atoms with Gasteiger partial charge in [0.15, 0.2) is 0 Å². The van der Waals surface area contributed by atoms with E-state index in [1.807, 2.05) is 49.4 Å². The molecule has 4 nitrogen and oxygen atoms in total. The van der Waals surface area contributed by atoms with Crippen LogP contribution < -0.4 is 11.1 Å². The normalized spacial score (nSPS) is 12.7. The van der Waals surface area contributed by atoms with Crippen molar-refractivity contribution in [2.75, 3.05) is 11.9 Å². The predicted octanol–water partition coefficient (Wildman–Crippen LogP) is 3.51. The molecule has 0 radical (unpaired) electrons. The number of nitrogens with two attached hydrogens (primary N) is 1. The molecular formula is C17H18N2O2. The smallest absolute Gasteiger partial charge is 0.228 e. The Morgan fingerprint density at radius 2 is 1.95 bits per heavy atom. The molecule has 0 aliphatic carbocycles. The maximum Gasteiger partial charge on any atom is 0.228 e. The number of fused-ring (bicyclic) bond motifs is 3. The molecule has 1 atom stereocenters. The van der Waals surface area contributed by atoms with Gasteiger partial charge in [0.05, 0.1) is 5.92 Å². The minimum absolute atomic E-state index is 0.0350. The number of carbonyl (C=O) groups is 1. The highest BCUT2D eigenvalue weighted by atomic mass is 16.3. The molecule has 0 aliphatic heterocycles. The van der Waals surface area contributed by atoms with E-state index >= 15 is 0 Å². The lowest BCUT2D eigenvalue weighted by Gasteiger charge is -2.12. The Kier molecular flexibility index (Phi) is 3.62. The Morgan fingerprint density at radius 3 is 2.71 bits per heavy atom. The summed E-state index contributed by atoms with van der Waals surface area (Å²) >= 11 is 0. The van der Waals surface area contributed by atoms with Crippen molar-refractivity contribution in [2.24, 2.45) is 11.7 Å². The average molecular weight is 282 g/mol. The van der Waals surface area contributed by atoms with Gasteiger partial charge in [0.25, 0.3) is 0 Å². The first kappa shape index (κ1) is 13.6. The molecule has 1 aromatic heterocycles. The fourth-order valence-electron chi connectivity index (χ4n) is 2.51. The molecule has 0 saturated carbocycles. The highest BCUT2D eigenvalue weighted by Gasteiger charge is 2.15. The first-order valence-corrected chi connectivity index (χ1v) is 7.15. The zero-order chi connectivity index (χ0) is 14.8. The minimum Gasteiger partial charge on any atom is -0.456 e. The van der Waals surface area contributed by atoms with E-state index in [0.29, 0.717) is 6.54 Å². The summed E-state index contributed by atoms with van der Waals surface area (Å²) in [4.78, 5) is 12.1. The second-order valence-electron chi connectivity index (χ2n) is 5.14. The Bertz CT molecular complexity index is 788. The number of benzene rings is 2. The van der Waals surface area contributed by atoms with Crippen molar-refractivity contribution in [3.63, 3.8) is 0 Å². The van der Waals surface area contributed by atoms with Gasteiger partial charge in [-0.1, -0.05) is 25.1 Å². The molecule has 1 amide bonds. The van der Waals surface area contributed by atoms with Crippen LogP contribution in [0, 0.1) is 5.92 Å². The van der Waals surface area contributed by atoms with Crippen molar-refractivity contribution >= 4 is 33.5 Å². The van der Waals surface area contributed by atoms with Gasteiger partial charge in [0, 0.05) is 23.0 Å². The number of hydrogen-bond acceptors (Lipinski definition) is 3. The van der Waals surface area contributed by atoms with Crippen molar-refractivity contribution in [1.29, 1.82) is 0 Å². The maximum absolute atomic E-state index is 12.1. The first-order chi connectivity index (χ1) is 10.2. The van der Waals surface area contributed by atoms with Crippen LogP contribution in [-0.4, -0.2) is 12.5 Å². The van der Waals surface area contributed by atoms with Crippen molar-refractivity contribution in [3.05, 3.63) is 42.5 Å². The fourth-order valence-corrected chi connectivity index (χ4v) is 2.51. The van der Waals surface area contributed by atoms with Crippen LogP contribution in [0.1, 0.15) is 13.3 Å². The van der Waals surface area contributed by atoms with Gasteiger partial charge in [-0.2, -0.15) is 0 Å². The van der Waals surface area contributed by atoms with Crippen LogP contribution in [0.15, 0.2) is 46.9 Å². The lowest BCUT2D eigenvalue weighted by Crippen LogP contribution is -2.28. The average Bonchev–Trinajstić information content (AvgIpc) is 2.86. The Balaban J connectivity index is 1.97. The SMILES string of the molecule is CCC(CN)C(=O)Nc1ccc2oc3ccccc3c2c1. The first-order valence-electron chi connectivity index (χ1n) is 7.15. The van der Waals surface area contributed by atoms with Gasteiger partial charge in [-0.3, -0.25) is 4.79 Å². The third kappa shape index (κ3) is 2.50. The van der Waals surface area contributed by atoms with E-state index < -0.39 is 0 Å². The van der Waals surface area contributed by atoms with Crippen LogP contribution in [0.5, 0.6) is 0 Å². The van der Waals surface area contributed by atoms with Crippen molar-refractivity contribution in [3.8, 4) is 0 Å². The summed E-state index contributed by atoms with van der Waals surface area (Å²) < 4.78 is 5.77. The number of anilines is 1. The van der Waals surface area contributed by atoms with E-state index in [0.717, 1.165) is 34.0 Å². The van der Waals surface area contributed by atoms with E-state index in [9.17, 15) is 4.79 Å². The quantitative estimate of drug-likeness (QED) is 0.769. The molecule has 4 heteroatoms. The van der Waals surface area contributed by atoms with Gasteiger partial charge in [0.2, 0.25) is 5.91 Å². The number of rotatable bonds is 4. The van der Waals surface area contributed by atoms with Gasteiger partial charge in [-0.15, -0.1) is 0 Å². The zero-order valence-electron chi connectivity index (χ0n) is 11.9. The molecular weight excluding hydrogens is 264 g/mol. The summed E-state index contributed by atoms with van der Waals surface area (Å²) in [6.07, 6.45) is 0.735. The number of para-hydroxylation sites is 1. The Morgan fingerprint density at radius 1 is 1.19 bits per heavy atom. The summed E-state index contributed by atoms with van der Waals surface area (Å²) in [5, 5.41) is 4.98. The van der Waals surface area contributed by atoms with Gasteiger partial charge in [0.1, 0.15) is 11.2 Å². The molecule has 3 N–H and O–H groups in total. The third-order valence-corrected chi connectivity index (χ3v) is 3.79. The second-order valence-corrected chi connectivity index (χ2v) is 5.14. The lowest BCUT2D eigenvalue weighted by molar-refractivity contribution is -0.119. The standard InChI is InChI=1S/C17H18N2O2/c1-2-11(10-18)17(20)19-12-7-8-16-14(9-12)13-5-3-4-6-15(13)21-16/h3-9,11H,2,10,18H2,1H3,(H,19,20). The number of nitrogens with one attached hydrogen (secondary N) is 1. The van der Waals surface area contributed by atoms with Gasteiger partial charge < -0.3 is 15.5 Å². The Hall–Kier alpha value is -2.33. The molecule has 0 fully saturated rings. The predicted molar refractivity (Wildman–Crippen MR) is 85.2 cm³/mol. The minimum atomic E-state index is -0.151. The van der Waals surface area contributed by atoms with Crippen molar-refractivity contribution < 1.29 is 9.21 Å². The molecule has 1 unspecified atom stereocenters. The highest BCUT2D eigenvalue weighted by Crippen LogP contribution is 2.30. The summed E-state index contributed by atoms with van der Waals surface area (Å²) in [6.45, 7) is 2.32. The van der Waals surface area contributed by atoms with E-state index in [2.05, 4.69) is 5.32 Å². The van der Waals surface area contributed by atoms with Gasteiger partial charge in [-0.05, 0) is 30.7 Å². The van der Waals surface area contributed by atoms with Crippen LogP contribution in [-0.2, 0) is 4.79 Å². The molecule has 2 aromatic carbocycles. The van der Waals surface area contributed by atoms with E-state index in [1.54, 1.807) is 0 Å². The lowest BCUT2D eigenvalue weighted by atomic mass is 10.1. The van der Waals surface area contributed by atoms with Gasteiger partial charge >= 0.3 is 0 Å². The Labute approximate surface area is 122 Å². The molecule has 108 valence electrons. The molecule has 0 spiro atoms.